The van der Waals surface area contributed by atoms with Gasteiger partial charge in [0.2, 0.25) is 0 Å². The predicted octanol–water partition coefficient (Wildman–Crippen LogP) is 2.31. The Balaban J connectivity index is 2.78. The molecule has 3 N–H and O–H groups in total. The number of aliphatic hydroxyl groups excluding tert-OH is 1. The summed E-state index contributed by atoms with van der Waals surface area (Å²) < 4.78 is 19.0. The summed E-state index contributed by atoms with van der Waals surface area (Å²) in [4.78, 5) is 0. The molecule has 0 bridgehead atoms. The molecular weight excluding hydrogens is 257 g/mol. The van der Waals surface area contributed by atoms with Crippen LogP contribution in [0.1, 0.15) is 24.8 Å². The van der Waals surface area contributed by atoms with Gasteiger partial charge in [-0.3, -0.25) is 0 Å². The predicted molar refractivity (Wildman–Crippen MR) is 70.3 cm³/mol. The van der Waals surface area contributed by atoms with Gasteiger partial charge in [-0.15, -0.1) is 0 Å². The third-order valence-electron chi connectivity index (χ3n) is 2.86. The van der Waals surface area contributed by atoms with Crippen molar-refractivity contribution in [3.8, 4) is 0 Å². The van der Waals surface area contributed by atoms with Gasteiger partial charge in [-0.1, -0.05) is 23.7 Å². The second-order valence-corrected chi connectivity index (χ2v) is 4.45. The smallest absolute Gasteiger partial charge is 0.145 e. The monoisotopic (exact) mass is 275 g/mol. The van der Waals surface area contributed by atoms with E-state index < -0.39 is 17.8 Å². The van der Waals surface area contributed by atoms with Crippen molar-refractivity contribution in [3.63, 3.8) is 0 Å². The van der Waals surface area contributed by atoms with E-state index in [4.69, 9.17) is 22.1 Å². The van der Waals surface area contributed by atoms with Crippen LogP contribution in [0.5, 0.6) is 0 Å². The van der Waals surface area contributed by atoms with E-state index in [9.17, 15) is 9.50 Å². The Labute approximate surface area is 112 Å². The lowest BCUT2D eigenvalue weighted by atomic mass is 9.91. The fourth-order valence-electron chi connectivity index (χ4n) is 1.85. The van der Waals surface area contributed by atoms with Crippen LogP contribution >= 0.6 is 11.6 Å². The second-order valence-electron chi connectivity index (χ2n) is 4.04. The summed E-state index contributed by atoms with van der Waals surface area (Å²) in [6, 6.07) is 4.72. The maximum atomic E-state index is 13.9. The Bertz CT molecular complexity index is 376. The first-order valence-electron chi connectivity index (χ1n) is 6.01. The van der Waals surface area contributed by atoms with Gasteiger partial charge in [0.1, 0.15) is 5.82 Å². The minimum atomic E-state index is -0.741. The molecule has 0 aromatic heterocycles. The molecule has 0 radical (unpaired) electrons. The Hall–Kier alpha value is -0.680. The number of ether oxygens (including phenoxy) is 1. The van der Waals surface area contributed by atoms with Crippen molar-refractivity contribution >= 4 is 11.6 Å². The molecule has 1 aromatic carbocycles. The lowest BCUT2D eigenvalue weighted by molar-refractivity contribution is 0.0745. The zero-order valence-corrected chi connectivity index (χ0v) is 11.2. The van der Waals surface area contributed by atoms with Crippen molar-refractivity contribution < 1.29 is 14.2 Å². The molecule has 0 amide bonds. The molecule has 18 heavy (non-hydrogen) atoms. The summed E-state index contributed by atoms with van der Waals surface area (Å²) in [6.07, 6.45) is -0.323. The highest BCUT2D eigenvalue weighted by molar-refractivity contribution is 6.30. The standard InChI is InChI=1S/C13H19ClFNO2/c1-2-18-7-6-12(17)10(8-16)9-4-3-5-11(14)13(9)15/h3-5,10,12,17H,2,6-8,16H2,1H3. The molecule has 0 heterocycles. The van der Waals surface area contributed by atoms with Crippen LogP contribution in [0.3, 0.4) is 0 Å². The van der Waals surface area contributed by atoms with Gasteiger partial charge in [0.05, 0.1) is 11.1 Å². The summed E-state index contributed by atoms with van der Waals surface area (Å²) in [5.74, 6) is -0.978. The fourth-order valence-corrected chi connectivity index (χ4v) is 2.03. The Kier molecular flexibility index (Phi) is 6.57. The zero-order valence-electron chi connectivity index (χ0n) is 10.4. The molecule has 2 atom stereocenters. The first-order valence-corrected chi connectivity index (χ1v) is 6.39. The van der Waals surface area contributed by atoms with Crippen molar-refractivity contribution in [2.75, 3.05) is 19.8 Å². The molecule has 0 fully saturated rings. The van der Waals surface area contributed by atoms with Crippen molar-refractivity contribution in [3.05, 3.63) is 34.6 Å². The molecule has 2 unspecified atom stereocenters. The van der Waals surface area contributed by atoms with E-state index >= 15 is 0 Å². The van der Waals surface area contributed by atoms with Gasteiger partial charge in [-0.25, -0.2) is 4.39 Å². The van der Waals surface area contributed by atoms with E-state index in [0.717, 1.165) is 0 Å². The number of benzene rings is 1. The second kappa shape index (κ2) is 7.69. The zero-order chi connectivity index (χ0) is 13.5. The van der Waals surface area contributed by atoms with Gasteiger partial charge in [0, 0.05) is 25.7 Å². The molecular formula is C13H19ClFNO2. The maximum absolute atomic E-state index is 13.9. The van der Waals surface area contributed by atoms with Gasteiger partial charge < -0.3 is 15.6 Å². The van der Waals surface area contributed by atoms with E-state index in [2.05, 4.69) is 0 Å². The van der Waals surface area contributed by atoms with Crippen LogP contribution in [0.25, 0.3) is 0 Å². The van der Waals surface area contributed by atoms with Crippen molar-refractivity contribution in [2.24, 2.45) is 5.73 Å². The number of hydrogen-bond donors (Lipinski definition) is 2. The molecule has 0 aliphatic rings. The normalized spacial score (nSPS) is 14.5. The summed E-state index contributed by atoms with van der Waals surface area (Å²) in [7, 11) is 0. The van der Waals surface area contributed by atoms with Gasteiger partial charge in [-0.05, 0) is 25.0 Å². The Morgan fingerprint density at radius 2 is 2.22 bits per heavy atom. The topological polar surface area (TPSA) is 55.5 Å². The molecule has 0 aliphatic carbocycles. The molecule has 0 spiro atoms. The van der Waals surface area contributed by atoms with Crippen molar-refractivity contribution in [1.29, 1.82) is 0 Å². The third kappa shape index (κ3) is 3.92. The highest BCUT2D eigenvalue weighted by Crippen LogP contribution is 2.27. The first-order chi connectivity index (χ1) is 8.61. The van der Waals surface area contributed by atoms with Crippen LogP contribution in [0, 0.1) is 5.82 Å². The van der Waals surface area contributed by atoms with E-state index in [0.29, 0.717) is 25.2 Å². The van der Waals surface area contributed by atoms with E-state index in [1.165, 1.54) is 6.07 Å². The first kappa shape index (κ1) is 15.4. The van der Waals surface area contributed by atoms with Gasteiger partial charge in [0.25, 0.3) is 0 Å². The Morgan fingerprint density at radius 1 is 1.50 bits per heavy atom. The number of rotatable bonds is 7. The number of hydrogen-bond acceptors (Lipinski definition) is 3. The summed E-state index contributed by atoms with van der Waals surface area (Å²) >= 11 is 5.72. The summed E-state index contributed by atoms with van der Waals surface area (Å²) in [6.45, 7) is 3.05. The Morgan fingerprint density at radius 3 is 2.83 bits per heavy atom. The minimum Gasteiger partial charge on any atom is -0.392 e. The van der Waals surface area contributed by atoms with Crippen LogP contribution < -0.4 is 5.73 Å². The van der Waals surface area contributed by atoms with Crippen LogP contribution in [0.4, 0.5) is 4.39 Å². The third-order valence-corrected chi connectivity index (χ3v) is 3.15. The number of halogens is 2. The van der Waals surface area contributed by atoms with Crippen LogP contribution in [0.2, 0.25) is 5.02 Å². The summed E-state index contributed by atoms with van der Waals surface area (Å²) in [5, 5.41) is 10.1. The SMILES string of the molecule is CCOCCC(O)C(CN)c1cccc(Cl)c1F. The summed E-state index contributed by atoms with van der Waals surface area (Å²) in [5.41, 5.74) is 5.97. The highest BCUT2D eigenvalue weighted by atomic mass is 35.5. The highest BCUT2D eigenvalue weighted by Gasteiger charge is 2.23. The lowest BCUT2D eigenvalue weighted by Gasteiger charge is -2.22. The minimum absolute atomic E-state index is 0.0444. The maximum Gasteiger partial charge on any atom is 0.145 e. The molecule has 1 aromatic rings. The van der Waals surface area contributed by atoms with Crippen LogP contribution in [-0.4, -0.2) is 31.0 Å². The largest absolute Gasteiger partial charge is 0.392 e. The number of nitrogens with two attached hydrogens (primary N) is 1. The number of aliphatic hydroxyl groups is 1. The van der Waals surface area contributed by atoms with Crippen molar-refractivity contribution in [2.45, 2.75) is 25.4 Å². The fraction of sp³-hybridized carbons (Fsp3) is 0.538. The molecule has 1 rings (SSSR count). The average Bonchev–Trinajstić information content (AvgIpc) is 2.36. The van der Waals surface area contributed by atoms with Gasteiger partial charge >= 0.3 is 0 Å². The van der Waals surface area contributed by atoms with E-state index in [-0.39, 0.29) is 11.6 Å². The van der Waals surface area contributed by atoms with Gasteiger partial charge in [-0.2, -0.15) is 0 Å². The molecule has 102 valence electrons. The molecule has 5 heteroatoms. The lowest BCUT2D eigenvalue weighted by Crippen LogP contribution is -2.28. The average molecular weight is 276 g/mol. The quantitative estimate of drug-likeness (QED) is 0.751. The molecule has 0 saturated carbocycles. The van der Waals surface area contributed by atoms with Crippen molar-refractivity contribution in [1.82, 2.24) is 0 Å². The molecule has 0 saturated heterocycles. The molecule has 3 nitrogen and oxygen atoms in total. The van der Waals surface area contributed by atoms with Crippen LogP contribution in [-0.2, 0) is 4.74 Å². The van der Waals surface area contributed by atoms with Crippen LogP contribution in [0.15, 0.2) is 18.2 Å². The van der Waals surface area contributed by atoms with Gasteiger partial charge in [0.15, 0.2) is 0 Å². The van der Waals surface area contributed by atoms with E-state index in [1.807, 2.05) is 6.92 Å². The van der Waals surface area contributed by atoms with E-state index in [1.54, 1.807) is 12.1 Å². The molecule has 0 aliphatic heterocycles.